The van der Waals surface area contributed by atoms with E-state index in [2.05, 4.69) is 12.5 Å². The predicted octanol–water partition coefficient (Wildman–Crippen LogP) is -18.7. The molecule has 0 spiro atoms. The van der Waals surface area contributed by atoms with Crippen molar-refractivity contribution in [3.05, 3.63) is 0 Å². The minimum absolute atomic E-state index is 0. The van der Waals surface area contributed by atoms with Crippen molar-refractivity contribution >= 4 is 37.2 Å². The number of aliphatic hydroxyl groups is 3. The fourth-order valence-corrected chi connectivity index (χ4v) is 4.74. The van der Waals surface area contributed by atoms with Gasteiger partial charge in [-0.05, 0) is 6.42 Å². The van der Waals surface area contributed by atoms with Crippen molar-refractivity contribution in [2.75, 3.05) is 13.2 Å². The molecule has 10 atom stereocenters. The minimum atomic E-state index is -5.75. The van der Waals surface area contributed by atoms with Crippen molar-refractivity contribution in [3.8, 4) is 0 Å². The maximum Gasteiger partial charge on any atom is 1.00 e. The fraction of sp³-hybridized carbons (Fsp3) is 0.933. The van der Waals surface area contributed by atoms with Crippen molar-refractivity contribution < 1.29 is 214 Å². The molecule has 2 fully saturated rings. The largest absolute Gasteiger partial charge is 1.00 e. The average Bonchev–Trinajstić information content (AvgIpc) is 2.77. The molecule has 0 aromatic carbocycles. The predicted molar refractivity (Wildman–Crippen MR) is 106 cm³/mol. The Kier molecular flexibility index (Phi) is 24.6. The Morgan fingerprint density at radius 1 is 0.744 bits per heavy atom. The van der Waals surface area contributed by atoms with Crippen LogP contribution in [0, 0.1) is 0 Å². The van der Waals surface area contributed by atoms with Gasteiger partial charge in [0.05, 0.1) is 12.6 Å². The number of ether oxygens (including phenoxy) is 4. The molecular weight excluding hydrogens is 704 g/mol. The first-order valence-corrected chi connectivity index (χ1v) is 14.5. The average molecular weight is 726 g/mol. The molecule has 0 aromatic heterocycles. The molecule has 2 saturated heterocycles. The van der Waals surface area contributed by atoms with Crippen LogP contribution in [-0.4, -0.2) is 135 Å². The number of carboxylic acid groups (broad SMARTS) is 1. The summed E-state index contributed by atoms with van der Waals surface area (Å²) in [7, 11) is -16.8. The van der Waals surface area contributed by atoms with Crippen LogP contribution in [0.1, 0.15) is 13.3 Å². The molecule has 3 N–H and O–H groups in total. The van der Waals surface area contributed by atoms with Crippen LogP contribution >= 0.6 is 0 Å². The Morgan fingerprint density at radius 3 is 1.65 bits per heavy atom. The van der Waals surface area contributed by atoms with E-state index < -0.39 is 105 Å². The number of aliphatic hydroxyl groups excluding tert-OH is 3. The molecule has 2 rings (SSSR count). The second kappa shape index (κ2) is 21.1. The standard InChI is InChI=1S/C15H26O21S3.4Na/c1-2-3-30-14-12(36-39(27,28)29)8(18)9(5(32-14)4-31-37(21,22)23)33-15-11(35-38(24,25)26)7(17)6(16)10(34-15)13(19)20;;;;/h5-12,14-18H,2-4H2,1H3,(H,19,20)(H,21,22,23)(H,24,25,26)(H,27,28,29);;;;/q;4*+1/p-4/t5-,6+,7+,8+,9-,10+,11-,12-,14-,15-;;;;/m1..../s1. The molecule has 28 heteroatoms. The van der Waals surface area contributed by atoms with Gasteiger partial charge in [-0.15, -0.1) is 0 Å². The van der Waals surface area contributed by atoms with Gasteiger partial charge in [-0.25, -0.2) is 25.3 Å². The normalized spacial score (nSPS) is 33.1. The van der Waals surface area contributed by atoms with Gasteiger partial charge >= 0.3 is 118 Å². The quantitative estimate of drug-likeness (QED) is 0.0901. The van der Waals surface area contributed by atoms with E-state index >= 15 is 0 Å². The van der Waals surface area contributed by atoms with Gasteiger partial charge in [0, 0.05) is 6.61 Å². The number of carbonyl (C=O) groups excluding carboxylic acids is 1. The topological polar surface area (TPSA) is 337 Å². The molecule has 21 nitrogen and oxygen atoms in total. The van der Waals surface area contributed by atoms with Crippen LogP contribution in [0.3, 0.4) is 0 Å². The van der Waals surface area contributed by atoms with Crippen LogP contribution in [0.15, 0.2) is 0 Å². The summed E-state index contributed by atoms with van der Waals surface area (Å²) in [4.78, 5) is 11.3. The van der Waals surface area contributed by atoms with E-state index in [1.54, 1.807) is 6.92 Å². The Labute approximate surface area is 334 Å². The molecule has 0 aliphatic carbocycles. The Bertz CT molecular complexity index is 1170. The zero-order chi connectivity index (χ0) is 29.9. The third-order valence-corrected chi connectivity index (χ3v) is 6.35. The van der Waals surface area contributed by atoms with E-state index in [1.165, 1.54) is 0 Å². The van der Waals surface area contributed by atoms with Crippen molar-refractivity contribution in [1.82, 2.24) is 0 Å². The first-order valence-electron chi connectivity index (χ1n) is 10.5. The van der Waals surface area contributed by atoms with Crippen LogP contribution in [-0.2, 0) is 67.5 Å². The molecule has 2 aliphatic rings. The number of carboxylic acids is 1. The van der Waals surface area contributed by atoms with Gasteiger partial charge < -0.3 is 57.8 Å². The van der Waals surface area contributed by atoms with Gasteiger partial charge in [0.15, 0.2) is 24.8 Å². The summed E-state index contributed by atoms with van der Waals surface area (Å²) in [6, 6.07) is 0. The maximum absolute atomic E-state index is 11.3. The van der Waals surface area contributed by atoms with E-state index in [1.807, 2.05) is 0 Å². The van der Waals surface area contributed by atoms with Gasteiger partial charge in [-0.1, -0.05) is 6.92 Å². The summed E-state index contributed by atoms with van der Waals surface area (Å²) >= 11 is 0. The van der Waals surface area contributed by atoms with Crippen molar-refractivity contribution in [2.24, 2.45) is 0 Å². The second-order valence-corrected chi connectivity index (χ2v) is 10.9. The molecule has 0 unspecified atom stereocenters. The Morgan fingerprint density at radius 2 is 1.23 bits per heavy atom. The minimum Gasteiger partial charge on any atom is -0.726 e. The first kappa shape index (κ1) is 50.2. The van der Waals surface area contributed by atoms with E-state index in [0.29, 0.717) is 0 Å². The molecule has 43 heavy (non-hydrogen) atoms. The molecule has 2 heterocycles. The molecular formula is C15H22Na4O21S3. The molecule has 0 saturated carbocycles. The molecule has 0 aromatic rings. The van der Waals surface area contributed by atoms with Crippen LogP contribution in [0.25, 0.3) is 0 Å². The summed E-state index contributed by atoms with van der Waals surface area (Å²) in [6.07, 6.45) is -23.5. The Hall–Kier alpha value is 2.80. The van der Waals surface area contributed by atoms with Crippen molar-refractivity contribution in [1.29, 1.82) is 0 Å². The van der Waals surface area contributed by atoms with Crippen LogP contribution < -0.4 is 123 Å². The number of hydrogen-bond donors (Lipinski definition) is 3. The summed E-state index contributed by atoms with van der Waals surface area (Å²) < 4.78 is 133. The molecule has 0 bridgehead atoms. The van der Waals surface area contributed by atoms with E-state index in [-0.39, 0.29) is 131 Å². The summed E-state index contributed by atoms with van der Waals surface area (Å²) in [5, 5.41) is 42.2. The molecule has 2 aliphatic heterocycles. The zero-order valence-corrected chi connectivity index (χ0v) is 33.8. The number of hydrogen-bond acceptors (Lipinski definition) is 21. The van der Waals surface area contributed by atoms with Crippen molar-refractivity contribution in [2.45, 2.75) is 74.8 Å². The number of rotatable bonds is 13. The van der Waals surface area contributed by atoms with E-state index in [0.717, 1.165) is 0 Å². The van der Waals surface area contributed by atoms with E-state index in [4.69, 9.17) is 18.9 Å². The van der Waals surface area contributed by atoms with Crippen LogP contribution in [0.5, 0.6) is 0 Å². The smallest absolute Gasteiger partial charge is 0.726 e. The Balaban J connectivity index is -0.00000400. The summed E-state index contributed by atoms with van der Waals surface area (Å²) in [5.74, 6) is -2.21. The summed E-state index contributed by atoms with van der Waals surface area (Å²) in [5.41, 5.74) is 0. The molecule has 230 valence electrons. The fourth-order valence-electron chi connectivity index (χ4n) is 3.49. The van der Waals surface area contributed by atoms with Crippen LogP contribution in [0.2, 0.25) is 0 Å². The second-order valence-electron chi connectivity index (χ2n) is 7.86. The van der Waals surface area contributed by atoms with Gasteiger partial charge in [-0.3, -0.25) is 12.5 Å². The van der Waals surface area contributed by atoms with Gasteiger partial charge in [0.25, 0.3) is 0 Å². The van der Waals surface area contributed by atoms with Crippen LogP contribution in [0.4, 0.5) is 0 Å². The van der Waals surface area contributed by atoms with Crippen molar-refractivity contribution in [3.63, 3.8) is 0 Å². The molecule has 0 amide bonds. The van der Waals surface area contributed by atoms with Gasteiger partial charge in [0.1, 0.15) is 36.6 Å². The van der Waals surface area contributed by atoms with E-state index in [9.17, 15) is 64.1 Å². The maximum atomic E-state index is 11.3. The first-order chi connectivity index (χ1) is 17.7. The third kappa shape index (κ3) is 16.4. The zero-order valence-electron chi connectivity index (χ0n) is 23.3. The van der Waals surface area contributed by atoms with Gasteiger partial charge in [-0.2, -0.15) is 0 Å². The number of aliphatic carboxylic acids is 1. The van der Waals surface area contributed by atoms with Gasteiger partial charge in [0.2, 0.25) is 31.2 Å². The molecule has 0 radical (unpaired) electrons. The third-order valence-electron chi connectivity index (χ3n) is 5.01. The summed E-state index contributed by atoms with van der Waals surface area (Å²) in [6.45, 7) is 0.00707. The number of carbonyl (C=O) groups is 1. The SMILES string of the molecule is CCCO[C@@H]1O[C@H](COS(=O)(=O)[O-])[C@@H](O[C@@H]2O[C@H](C(=O)[O-])[C@@H](O)[C@H](O)[C@H]2OS(=O)(=O)[O-])[C@H](O)[C@H]1OS(=O)(=O)[O-].[Na+].[Na+].[Na+].[Na+]. The monoisotopic (exact) mass is 726 g/mol.